The normalized spacial score (nSPS) is 12.4. The molecule has 0 amide bonds. The zero-order valence-corrected chi connectivity index (χ0v) is 13.7. The predicted molar refractivity (Wildman–Crippen MR) is 84.8 cm³/mol. The van der Waals surface area contributed by atoms with E-state index in [4.69, 9.17) is 16.3 Å². The number of halogens is 1. The summed E-state index contributed by atoms with van der Waals surface area (Å²) in [6.07, 6.45) is 0. The van der Waals surface area contributed by atoms with Gasteiger partial charge in [0.15, 0.2) is 0 Å². The van der Waals surface area contributed by atoms with Gasteiger partial charge < -0.3 is 10.1 Å². The third kappa shape index (κ3) is 3.32. The molecule has 0 aliphatic carbocycles. The highest BCUT2D eigenvalue weighted by Gasteiger charge is 2.14. The fraction of sp³-hybridized carbons (Fsp3) is 0.400. The molecule has 1 N–H and O–H groups in total. The maximum absolute atomic E-state index is 6.24. The highest BCUT2D eigenvalue weighted by Crippen LogP contribution is 2.28. The van der Waals surface area contributed by atoms with E-state index >= 15 is 0 Å². The fourth-order valence-corrected chi connectivity index (χ4v) is 3.39. The standard InChI is InChI=1S/C15H19ClN2OS/c1-9(15-10(2)18-11(3)20-15)17-8-12-13(16)6-5-7-14(12)19-4/h5-7,9,17H,8H2,1-4H3. The van der Waals surface area contributed by atoms with Crippen LogP contribution in [0.3, 0.4) is 0 Å². The number of aryl methyl sites for hydroxylation is 2. The van der Waals surface area contributed by atoms with Crippen LogP contribution in [0, 0.1) is 13.8 Å². The van der Waals surface area contributed by atoms with Crippen LogP contribution in [0.1, 0.15) is 34.1 Å². The zero-order chi connectivity index (χ0) is 14.7. The number of thiazole rings is 1. The number of nitrogens with zero attached hydrogens (tertiary/aromatic N) is 1. The lowest BCUT2D eigenvalue weighted by Crippen LogP contribution is -2.18. The average molecular weight is 311 g/mol. The van der Waals surface area contributed by atoms with Crippen LogP contribution in [0.25, 0.3) is 0 Å². The van der Waals surface area contributed by atoms with Crippen molar-refractivity contribution in [2.75, 3.05) is 7.11 Å². The van der Waals surface area contributed by atoms with Crippen molar-refractivity contribution in [3.05, 3.63) is 44.4 Å². The quantitative estimate of drug-likeness (QED) is 0.895. The van der Waals surface area contributed by atoms with Crippen molar-refractivity contribution >= 4 is 22.9 Å². The minimum Gasteiger partial charge on any atom is -0.496 e. The van der Waals surface area contributed by atoms with E-state index in [2.05, 4.69) is 17.2 Å². The van der Waals surface area contributed by atoms with Gasteiger partial charge in [0.2, 0.25) is 0 Å². The molecule has 0 spiro atoms. The molecule has 108 valence electrons. The van der Waals surface area contributed by atoms with E-state index in [-0.39, 0.29) is 6.04 Å². The Morgan fingerprint density at radius 2 is 2.15 bits per heavy atom. The molecule has 5 heteroatoms. The van der Waals surface area contributed by atoms with Gasteiger partial charge in [-0.3, -0.25) is 0 Å². The van der Waals surface area contributed by atoms with Crippen LogP contribution < -0.4 is 10.1 Å². The van der Waals surface area contributed by atoms with E-state index in [0.29, 0.717) is 6.54 Å². The van der Waals surface area contributed by atoms with Crippen LogP contribution in [-0.2, 0) is 6.54 Å². The molecule has 1 atom stereocenters. The lowest BCUT2D eigenvalue weighted by molar-refractivity contribution is 0.406. The Morgan fingerprint density at radius 3 is 2.75 bits per heavy atom. The molecule has 20 heavy (non-hydrogen) atoms. The number of methoxy groups -OCH3 is 1. The summed E-state index contributed by atoms with van der Waals surface area (Å²) in [5.41, 5.74) is 2.08. The Morgan fingerprint density at radius 1 is 1.40 bits per heavy atom. The first-order valence-electron chi connectivity index (χ1n) is 6.51. The second kappa shape index (κ2) is 6.57. The van der Waals surface area contributed by atoms with Crippen LogP contribution in [0.2, 0.25) is 5.02 Å². The number of aromatic nitrogens is 1. The summed E-state index contributed by atoms with van der Waals surface area (Å²) in [6, 6.07) is 5.94. The molecule has 0 saturated carbocycles. The number of ether oxygens (including phenoxy) is 1. The Balaban J connectivity index is 2.11. The summed E-state index contributed by atoms with van der Waals surface area (Å²) in [4.78, 5) is 5.74. The summed E-state index contributed by atoms with van der Waals surface area (Å²) in [6.45, 7) is 6.89. The van der Waals surface area contributed by atoms with Crippen molar-refractivity contribution in [3.8, 4) is 5.75 Å². The third-order valence-electron chi connectivity index (χ3n) is 3.21. The second-order valence-electron chi connectivity index (χ2n) is 4.71. The van der Waals surface area contributed by atoms with Crippen molar-refractivity contribution in [1.82, 2.24) is 10.3 Å². The smallest absolute Gasteiger partial charge is 0.124 e. The first kappa shape index (κ1) is 15.3. The molecule has 0 aliphatic heterocycles. The van der Waals surface area contributed by atoms with Gasteiger partial charge in [-0.1, -0.05) is 17.7 Å². The van der Waals surface area contributed by atoms with E-state index in [0.717, 1.165) is 27.0 Å². The zero-order valence-electron chi connectivity index (χ0n) is 12.2. The molecular formula is C15H19ClN2OS. The van der Waals surface area contributed by atoms with Gasteiger partial charge in [0.05, 0.1) is 17.8 Å². The Kier molecular flexibility index (Phi) is 5.02. The van der Waals surface area contributed by atoms with Gasteiger partial charge in [0.25, 0.3) is 0 Å². The second-order valence-corrected chi connectivity index (χ2v) is 6.35. The predicted octanol–water partition coefficient (Wildman–Crippen LogP) is 4.27. The first-order valence-corrected chi connectivity index (χ1v) is 7.71. The summed E-state index contributed by atoms with van der Waals surface area (Å²) in [7, 11) is 1.66. The van der Waals surface area contributed by atoms with Crippen LogP contribution in [0.5, 0.6) is 5.75 Å². The molecule has 3 nitrogen and oxygen atoms in total. The topological polar surface area (TPSA) is 34.1 Å². The molecule has 1 heterocycles. The Hall–Kier alpha value is -1.10. The SMILES string of the molecule is COc1cccc(Cl)c1CNC(C)c1sc(C)nc1C. The van der Waals surface area contributed by atoms with Gasteiger partial charge in [-0.05, 0) is 32.9 Å². The van der Waals surface area contributed by atoms with Gasteiger partial charge >= 0.3 is 0 Å². The largest absolute Gasteiger partial charge is 0.496 e. The summed E-state index contributed by atoms with van der Waals surface area (Å²) < 4.78 is 5.36. The molecule has 2 aromatic rings. The van der Waals surface area contributed by atoms with Gasteiger partial charge in [-0.15, -0.1) is 11.3 Å². The van der Waals surface area contributed by atoms with Gasteiger partial charge in [-0.2, -0.15) is 0 Å². The van der Waals surface area contributed by atoms with Crippen molar-refractivity contribution in [1.29, 1.82) is 0 Å². The van der Waals surface area contributed by atoms with Crippen LogP contribution in [0.4, 0.5) is 0 Å². The summed E-state index contributed by atoms with van der Waals surface area (Å²) in [5, 5.41) is 5.31. The maximum atomic E-state index is 6.24. The highest BCUT2D eigenvalue weighted by molar-refractivity contribution is 7.11. The molecule has 0 aliphatic rings. The van der Waals surface area contributed by atoms with Gasteiger partial charge in [0.1, 0.15) is 5.75 Å². The Labute approximate surface area is 129 Å². The van der Waals surface area contributed by atoms with Crippen LogP contribution in [-0.4, -0.2) is 12.1 Å². The van der Waals surface area contributed by atoms with E-state index in [1.165, 1.54) is 4.88 Å². The van der Waals surface area contributed by atoms with Crippen molar-refractivity contribution in [2.24, 2.45) is 0 Å². The number of benzene rings is 1. The van der Waals surface area contributed by atoms with E-state index in [1.54, 1.807) is 18.4 Å². The van der Waals surface area contributed by atoms with Crippen molar-refractivity contribution in [2.45, 2.75) is 33.4 Å². The van der Waals surface area contributed by atoms with E-state index in [1.807, 2.05) is 32.0 Å². The van der Waals surface area contributed by atoms with Crippen molar-refractivity contribution < 1.29 is 4.74 Å². The van der Waals surface area contributed by atoms with E-state index in [9.17, 15) is 0 Å². The molecular weight excluding hydrogens is 292 g/mol. The third-order valence-corrected chi connectivity index (χ3v) is 4.82. The number of rotatable bonds is 5. The molecule has 1 aromatic heterocycles. The lowest BCUT2D eigenvalue weighted by Gasteiger charge is -2.15. The maximum Gasteiger partial charge on any atom is 0.124 e. The minimum atomic E-state index is 0.238. The van der Waals surface area contributed by atoms with Gasteiger partial charge in [0, 0.05) is 28.0 Å². The fourth-order valence-electron chi connectivity index (χ4n) is 2.20. The van der Waals surface area contributed by atoms with E-state index < -0.39 is 0 Å². The first-order chi connectivity index (χ1) is 9.52. The van der Waals surface area contributed by atoms with Crippen molar-refractivity contribution in [3.63, 3.8) is 0 Å². The van der Waals surface area contributed by atoms with Crippen LogP contribution in [0.15, 0.2) is 18.2 Å². The summed E-state index contributed by atoms with van der Waals surface area (Å²) >= 11 is 7.98. The van der Waals surface area contributed by atoms with Gasteiger partial charge in [-0.25, -0.2) is 4.98 Å². The highest BCUT2D eigenvalue weighted by atomic mass is 35.5. The molecule has 0 saturated heterocycles. The summed E-state index contributed by atoms with van der Waals surface area (Å²) in [5.74, 6) is 0.814. The number of hydrogen-bond acceptors (Lipinski definition) is 4. The van der Waals surface area contributed by atoms with Crippen LogP contribution >= 0.6 is 22.9 Å². The molecule has 0 bridgehead atoms. The monoisotopic (exact) mass is 310 g/mol. The lowest BCUT2D eigenvalue weighted by atomic mass is 10.1. The average Bonchev–Trinajstić information content (AvgIpc) is 2.75. The molecule has 0 radical (unpaired) electrons. The number of nitrogens with one attached hydrogen (secondary N) is 1. The number of hydrogen-bond donors (Lipinski definition) is 1. The molecule has 1 aromatic carbocycles. The minimum absolute atomic E-state index is 0.238. The Bertz CT molecular complexity index is 598. The molecule has 1 unspecified atom stereocenters. The molecule has 0 fully saturated rings. The molecule has 2 rings (SSSR count).